The van der Waals surface area contributed by atoms with Gasteiger partial charge in [-0.25, -0.2) is 8.78 Å². The number of rotatable bonds is 16. The van der Waals surface area contributed by atoms with Gasteiger partial charge in [-0.2, -0.15) is 0 Å². The van der Waals surface area contributed by atoms with Gasteiger partial charge in [0, 0.05) is 58.1 Å². The first-order valence-electron chi connectivity index (χ1n) is 42.1. The molecule has 3 aromatic rings. The van der Waals surface area contributed by atoms with Crippen LogP contribution in [0.15, 0.2) is 321 Å². The minimum absolute atomic E-state index is 0.0746. The Hall–Kier alpha value is -8.54. The molecule has 107 heavy (non-hydrogen) atoms. The van der Waals surface area contributed by atoms with Crippen LogP contribution in [0.1, 0.15) is 214 Å². The fraction of sp³-hybridized carbons (Fsp3) is 0.412. The third-order valence-corrected chi connectivity index (χ3v) is 29.1. The first kappa shape index (κ1) is 69.0. The van der Waals surface area contributed by atoms with Crippen molar-refractivity contribution in [3.05, 3.63) is 349 Å². The van der Waals surface area contributed by atoms with E-state index in [4.69, 9.17) is 4.74 Å². The highest BCUT2D eigenvalue weighted by Gasteiger charge is 2.57. The second-order valence-electron chi connectivity index (χ2n) is 34.4. The first-order valence-corrected chi connectivity index (χ1v) is 42.1. The predicted octanol–water partition coefficient (Wildman–Crippen LogP) is 26.2. The highest BCUT2D eigenvalue weighted by atomic mass is 19.1. The van der Waals surface area contributed by atoms with Gasteiger partial charge >= 0.3 is 0 Å². The Morgan fingerprint density at radius 1 is 0.561 bits per heavy atom. The summed E-state index contributed by atoms with van der Waals surface area (Å²) in [6.07, 6.45) is 84.7. The van der Waals surface area contributed by atoms with Gasteiger partial charge in [0.25, 0.3) is 0 Å². The molecule has 0 saturated heterocycles. The van der Waals surface area contributed by atoms with Crippen molar-refractivity contribution < 1.29 is 13.5 Å². The molecule has 19 rings (SSSR count). The molecular formula is C102H108F2N2O. The molecule has 5 heteroatoms. The van der Waals surface area contributed by atoms with Crippen LogP contribution in [0.3, 0.4) is 0 Å². The van der Waals surface area contributed by atoms with E-state index in [0.29, 0.717) is 41.9 Å². The van der Waals surface area contributed by atoms with Gasteiger partial charge in [0.15, 0.2) is 0 Å². The maximum Gasteiger partial charge on any atom is 0.129 e. The Labute approximate surface area is 637 Å². The van der Waals surface area contributed by atoms with Gasteiger partial charge in [-0.15, -0.1) is 6.58 Å². The van der Waals surface area contributed by atoms with Crippen molar-refractivity contribution in [1.82, 2.24) is 9.80 Å². The maximum absolute atomic E-state index is 15.5. The van der Waals surface area contributed by atoms with Crippen molar-refractivity contribution in [3.8, 4) is 0 Å². The van der Waals surface area contributed by atoms with Crippen molar-refractivity contribution in [2.45, 2.75) is 216 Å². The molecule has 0 saturated carbocycles. The van der Waals surface area contributed by atoms with Crippen LogP contribution < -0.4 is 0 Å². The van der Waals surface area contributed by atoms with Crippen molar-refractivity contribution >= 4 is 5.57 Å². The molecule has 1 aliphatic heterocycles. The van der Waals surface area contributed by atoms with Crippen molar-refractivity contribution in [3.63, 3.8) is 0 Å². The van der Waals surface area contributed by atoms with E-state index >= 15 is 8.78 Å². The summed E-state index contributed by atoms with van der Waals surface area (Å²) in [7, 11) is 0. The summed E-state index contributed by atoms with van der Waals surface area (Å²) in [5.74, 6) is 4.48. The number of hydrogen-bond acceptors (Lipinski definition) is 3. The molecule has 546 valence electrons. The lowest BCUT2D eigenvalue weighted by atomic mass is 9.53. The lowest BCUT2D eigenvalue weighted by molar-refractivity contribution is 0.130. The quantitative estimate of drug-likeness (QED) is 0.133. The summed E-state index contributed by atoms with van der Waals surface area (Å²) in [5.41, 5.74) is 28.5. The van der Waals surface area contributed by atoms with Crippen LogP contribution in [-0.4, -0.2) is 28.0 Å². The summed E-state index contributed by atoms with van der Waals surface area (Å²) >= 11 is 0. The second kappa shape index (κ2) is 29.1. The second-order valence-corrected chi connectivity index (χ2v) is 34.4. The SMILES string of the molecule is C=CC1=CCC(C2(C3CC=C(F)CC3)C3=C(CCC(N(C4=CC=C(C5=CC=CC(C6C=CCCC6)C5)CC4)C4C=CC5=C(C4)OC4C=C(N(C6=CCC(C7=CC(c8ccccc8)CCC7)CC6)C6CCC7=C(C6)C(C6=CCC(C=C)C=C6)(c6ccc(F)cc6)c6ccccc67)C=CC54)=C3)C3=C2CCCC3)CC1. The Kier molecular flexibility index (Phi) is 18.8. The first-order chi connectivity index (χ1) is 52.7. The normalized spacial score (nSPS) is 32.8. The summed E-state index contributed by atoms with van der Waals surface area (Å²) in [6.45, 7) is 8.49. The topological polar surface area (TPSA) is 15.7 Å². The van der Waals surface area contributed by atoms with Crippen LogP contribution >= 0.6 is 0 Å². The van der Waals surface area contributed by atoms with E-state index < -0.39 is 5.41 Å². The molecule has 13 unspecified atom stereocenters. The van der Waals surface area contributed by atoms with Crippen LogP contribution in [0.5, 0.6) is 0 Å². The standard InChI is InChI=1S/C102H108F2N2O/c1-3-67-29-37-77(38-30-67)101(79-41-45-81(103)46-42-79)95-27-13-11-25-89(95)91-57-53-85(63-97(91)101)105(83-49-33-71(34-50-83)75-23-15-21-73(61-75)69-17-7-5-8-18-69)87-55-59-93-94-60-56-88(66-100(94)107-99(93)65-87)106(84-51-35-72(36-52-84)76-24-16-22-74(62-76)70-19-9-6-10-20-70)86-54-58-92-90-26-12-14-28-96(90)102(98(92)64-86,80-43-47-82(104)48-44-80)78-39-31-68(4-2)32-40-78/h3-5,7-9,11,13,16-19,22,24-25,27,29,31,35,37-38,41-42,45-47,49,51,55-56,59-61,64-65,67,70-71,73-74,78,80,85,88,93,99H,1-2,6,10,12,14-15,20-21,23,26,28,30,32-34,36,39-40,43-44,48,50,52-54,57-58,62-63,66H2. The Morgan fingerprint density at radius 3 is 2.21 bits per heavy atom. The van der Waals surface area contributed by atoms with Gasteiger partial charge < -0.3 is 14.5 Å². The van der Waals surface area contributed by atoms with Gasteiger partial charge in [-0.1, -0.05) is 199 Å². The number of hydrogen-bond donors (Lipinski definition) is 0. The molecule has 0 N–H and O–H groups in total. The average molecular weight is 1420 g/mol. The molecule has 15 aliphatic carbocycles. The lowest BCUT2D eigenvalue weighted by Crippen LogP contribution is -2.43. The van der Waals surface area contributed by atoms with Gasteiger partial charge in [0.2, 0.25) is 0 Å². The molecule has 16 aliphatic rings. The summed E-state index contributed by atoms with van der Waals surface area (Å²) < 4.78 is 38.5. The number of allylic oxidation sites excluding steroid dienone is 33. The molecule has 0 radical (unpaired) electrons. The van der Waals surface area contributed by atoms with Crippen LogP contribution in [0.4, 0.5) is 8.78 Å². The predicted molar refractivity (Wildman–Crippen MR) is 436 cm³/mol. The van der Waals surface area contributed by atoms with Crippen LogP contribution in [-0.2, 0) is 10.2 Å². The third-order valence-electron chi connectivity index (χ3n) is 29.1. The highest BCUT2D eigenvalue weighted by Crippen LogP contribution is 2.67. The zero-order valence-electron chi connectivity index (χ0n) is 63.0. The summed E-state index contributed by atoms with van der Waals surface area (Å²) in [6, 6.07) is 28.2. The minimum atomic E-state index is -0.565. The monoisotopic (exact) mass is 1410 g/mol. The Morgan fingerprint density at radius 2 is 1.42 bits per heavy atom. The fourth-order valence-electron chi connectivity index (χ4n) is 24.1. The fourth-order valence-corrected chi connectivity index (χ4v) is 24.1. The van der Waals surface area contributed by atoms with Crippen LogP contribution in [0, 0.1) is 52.7 Å². The molecule has 0 bridgehead atoms. The molecule has 0 amide bonds. The Balaban J connectivity index is 0.672. The molecule has 1 heterocycles. The summed E-state index contributed by atoms with van der Waals surface area (Å²) in [5, 5.41) is 0. The highest BCUT2D eigenvalue weighted by molar-refractivity contribution is 5.87. The van der Waals surface area contributed by atoms with E-state index in [1.165, 1.54) is 143 Å². The number of benzene rings is 3. The lowest BCUT2D eigenvalue weighted by Gasteiger charge is -2.51. The number of fused-ring (bicyclic) bond motifs is 5. The average Bonchev–Trinajstić information content (AvgIpc) is 1.54. The van der Waals surface area contributed by atoms with Gasteiger partial charge in [0.05, 0.1) is 17.3 Å². The van der Waals surface area contributed by atoms with Gasteiger partial charge in [0.1, 0.15) is 17.7 Å². The molecule has 0 spiro atoms. The molecule has 3 nitrogen and oxygen atoms in total. The van der Waals surface area contributed by atoms with E-state index in [0.717, 1.165) is 127 Å². The molecule has 0 aromatic heterocycles. The van der Waals surface area contributed by atoms with E-state index in [9.17, 15) is 0 Å². The van der Waals surface area contributed by atoms with Gasteiger partial charge in [-0.3, -0.25) is 0 Å². The molecule has 13 atom stereocenters. The third kappa shape index (κ3) is 12.2. The molecule has 0 fully saturated rings. The van der Waals surface area contributed by atoms with Gasteiger partial charge in [-0.05, 0) is 319 Å². The van der Waals surface area contributed by atoms with E-state index in [2.05, 4.69) is 217 Å². The van der Waals surface area contributed by atoms with Crippen molar-refractivity contribution in [2.24, 2.45) is 46.8 Å². The Bertz CT molecular complexity index is 4750. The van der Waals surface area contributed by atoms with E-state index in [-0.39, 0.29) is 47.1 Å². The zero-order valence-corrected chi connectivity index (χ0v) is 63.0. The van der Waals surface area contributed by atoms with E-state index in [1.54, 1.807) is 40.0 Å². The maximum atomic E-state index is 15.5. The molecular weight excluding hydrogens is 1310 g/mol. The van der Waals surface area contributed by atoms with Crippen molar-refractivity contribution in [2.75, 3.05) is 0 Å². The smallest absolute Gasteiger partial charge is 0.129 e. The number of nitrogens with zero attached hydrogens (tertiary/aromatic N) is 2. The number of halogens is 2. The van der Waals surface area contributed by atoms with Crippen molar-refractivity contribution in [1.29, 1.82) is 0 Å². The van der Waals surface area contributed by atoms with Crippen LogP contribution in [0.2, 0.25) is 0 Å². The van der Waals surface area contributed by atoms with E-state index in [1.807, 2.05) is 6.08 Å². The number of ether oxygens (including phenoxy) is 1. The summed E-state index contributed by atoms with van der Waals surface area (Å²) in [4.78, 5) is 5.67. The molecule has 3 aromatic carbocycles. The largest absolute Gasteiger partial charge is 0.489 e. The zero-order chi connectivity index (χ0) is 71.7. The van der Waals surface area contributed by atoms with Crippen LogP contribution in [0.25, 0.3) is 5.57 Å². The minimum Gasteiger partial charge on any atom is -0.489 e.